The van der Waals surface area contributed by atoms with Gasteiger partial charge < -0.3 is 5.32 Å². The SMILES string of the molecule is Cc1nnsc1SC(=O)NCC1CCCCCC1. The molecule has 1 aliphatic rings. The first kappa shape index (κ1) is 13.8. The molecule has 0 aromatic carbocycles. The van der Waals surface area contributed by atoms with Crippen LogP contribution in [-0.4, -0.2) is 21.4 Å². The second-order valence-corrected chi connectivity index (χ2v) is 6.77. The minimum absolute atomic E-state index is 0.0217. The molecule has 6 heteroatoms. The molecule has 4 nitrogen and oxygen atoms in total. The van der Waals surface area contributed by atoms with E-state index in [0.717, 1.165) is 16.4 Å². The topological polar surface area (TPSA) is 54.9 Å². The van der Waals surface area contributed by atoms with Crippen LogP contribution in [0.2, 0.25) is 0 Å². The Morgan fingerprint density at radius 1 is 1.39 bits per heavy atom. The molecule has 2 rings (SSSR count). The highest BCUT2D eigenvalue weighted by molar-refractivity contribution is 8.14. The van der Waals surface area contributed by atoms with Gasteiger partial charge in [0.15, 0.2) is 0 Å². The number of carbonyl (C=O) groups is 1. The number of thioether (sulfide) groups is 1. The fourth-order valence-corrected chi connectivity index (χ4v) is 3.63. The highest BCUT2D eigenvalue weighted by Gasteiger charge is 2.15. The van der Waals surface area contributed by atoms with Gasteiger partial charge in [-0.15, -0.1) is 5.10 Å². The van der Waals surface area contributed by atoms with Gasteiger partial charge in [0.1, 0.15) is 4.21 Å². The molecule has 0 aliphatic heterocycles. The van der Waals surface area contributed by atoms with Gasteiger partial charge in [0, 0.05) is 6.54 Å². The van der Waals surface area contributed by atoms with Crippen molar-refractivity contribution in [2.24, 2.45) is 5.92 Å². The van der Waals surface area contributed by atoms with Crippen LogP contribution in [0.5, 0.6) is 0 Å². The van der Waals surface area contributed by atoms with E-state index in [1.165, 1.54) is 61.8 Å². The van der Waals surface area contributed by atoms with E-state index in [0.29, 0.717) is 5.92 Å². The number of aryl methyl sites for hydroxylation is 1. The fourth-order valence-electron chi connectivity index (χ4n) is 2.23. The maximum atomic E-state index is 11.8. The first-order valence-corrected chi connectivity index (χ1v) is 8.09. The molecule has 1 amide bonds. The monoisotopic (exact) mass is 285 g/mol. The Kier molecular flexibility index (Phi) is 5.44. The molecular formula is C12H19N3OS2. The molecule has 1 saturated carbocycles. The van der Waals surface area contributed by atoms with Crippen molar-refractivity contribution in [3.8, 4) is 0 Å². The van der Waals surface area contributed by atoms with Crippen molar-refractivity contribution in [3.05, 3.63) is 5.69 Å². The van der Waals surface area contributed by atoms with Crippen LogP contribution < -0.4 is 5.32 Å². The molecule has 100 valence electrons. The van der Waals surface area contributed by atoms with E-state index < -0.39 is 0 Å². The zero-order valence-electron chi connectivity index (χ0n) is 10.6. The van der Waals surface area contributed by atoms with Crippen LogP contribution in [0, 0.1) is 12.8 Å². The molecule has 1 aromatic rings. The first-order valence-electron chi connectivity index (χ1n) is 6.50. The molecule has 1 fully saturated rings. The Labute approximate surface area is 116 Å². The maximum absolute atomic E-state index is 11.8. The Morgan fingerprint density at radius 3 is 2.72 bits per heavy atom. The summed E-state index contributed by atoms with van der Waals surface area (Å²) in [6.45, 7) is 2.70. The second-order valence-electron chi connectivity index (χ2n) is 4.77. The summed E-state index contributed by atoms with van der Waals surface area (Å²) in [5.74, 6) is 0.665. The molecule has 0 saturated heterocycles. The van der Waals surface area contributed by atoms with Crippen LogP contribution in [0.15, 0.2) is 4.21 Å². The lowest BCUT2D eigenvalue weighted by atomic mass is 10.0. The summed E-state index contributed by atoms with van der Waals surface area (Å²) < 4.78 is 4.72. The third kappa shape index (κ3) is 4.24. The third-order valence-electron chi connectivity index (χ3n) is 3.31. The molecule has 0 atom stereocenters. The molecule has 1 heterocycles. The van der Waals surface area contributed by atoms with E-state index in [1.807, 2.05) is 6.92 Å². The molecule has 0 spiro atoms. The van der Waals surface area contributed by atoms with E-state index >= 15 is 0 Å². The van der Waals surface area contributed by atoms with Gasteiger partial charge in [-0.05, 0) is 49.0 Å². The van der Waals surface area contributed by atoms with Crippen molar-refractivity contribution in [1.82, 2.24) is 14.9 Å². The van der Waals surface area contributed by atoms with Crippen molar-refractivity contribution in [2.45, 2.75) is 49.7 Å². The van der Waals surface area contributed by atoms with E-state index in [4.69, 9.17) is 0 Å². The average Bonchev–Trinajstić information content (AvgIpc) is 2.63. The molecule has 0 unspecified atom stereocenters. The van der Waals surface area contributed by atoms with E-state index in [-0.39, 0.29) is 5.24 Å². The molecule has 1 aliphatic carbocycles. The number of rotatable bonds is 3. The number of nitrogens with one attached hydrogen (secondary N) is 1. The summed E-state index contributed by atoms with van der Waals surface area (Å²) in [4.78, 5) is 11.8. The lowest BCUT2D eigenvalue weighted by Crippen LogP contribution is -2.25. The largest absolute Gasteiger partial charge is 0.346 e. The molecule has 1 N–H and O–H groups in total. The highest BCUT2D eigenvalue weighted by Crippen LogP contribution is 2.26. The smallest absolute Gasteiger partial charge is 0.284 e. The number of hydrogen-bond donors (Lipinski definition) is 1. The number of hydrogen-bond acceptors (Lipinski definition) is 5. The first-order chi connectivity index (χ1) is 8.75. The second kappa shape index (κ2) is 7.09. The van der Waals surface area contributed by atoms with E-state index in [1.54, 1.807) is 0 Å². The Morgan fingerprint density at radius 2 is 2.11 bits per heavy atom. The Bertz CT molecular complexity index is 386. The van der Waals surface area contributed by atoms with Crippen molar-refractivity contribution in [2.75, 3.05) is 6.54 Å². The maximum Gasteiger partial charge on any atom is 0.284 e. The Hall–Kier alpha value is -0.620. The van der Waals surface area contributed by atoms with Gasteiger partial charge in [0.25, 0.3) is 5.24 Å². The zero-order valence-corrected chi connectivity index (χ0v) is 12.3. The summed E-state index contributed by atoms with van der Waals surface area (Å²) in [6, 6.07) is 0. The lowest BCUT2D eigenvalue weighted by Gasteiger charge is -2.14. The van der Waals surface area contributed by atoms with Crippen LogP contribution in [0.4, 0.5) is 4.79 Å². The standard InChI is InChI=1S/C12H19N3OS2/c1-9-11(18-15-14-9)17-12(16)13-8-10-6-4-2-3-5-7-10/h10H,2-8H2,1H3,(H,13,16). The lowest BCUT2D eigenvalue weighted by molar-refractivity contribution is 0.258. The van der Waals surface area contributed by atoms with Gasteiger partial charge in [0.2, 0.25) is 0 Å². The predicted octanol–water partition coefficient (Wildman–Crippen LogP) is 3.62. The van der Waals surface area contributed by atoms with Crippen molar-refractivity contribution in [3.63, 3.8) is 0 Å². The minimum atomic E-state index is 0.0217. The summed E-state index contributed by atoms with van der Waals surface area (Å²) >= 11 is 2.50. The van der Waals surface area contributed by atoms with Gasteiger partial charge in [-0.1, -0.05) is 30.2 Å². The zero-order chi connectivity index (χ0) is 12.8. The summed E-state index contributed by atoms with van der Waals surface area (Å²) in [6.07, 6.45) is 7.84. The quantitative estimate of drug-likeness (QED) is 0.681. The number of nitrogens with zero attached hydrogens (tertiary/aromatic N) is 2. The average molecular weight is 285 g/mol. The van der Waals surface area contributed by atoms with Crippen LogP contribution in [0.3, 0.4) is 0 Å². The van der Waals surface area contributed by atoms with Crippen LogP contribution in [-0.2, 0) is 0 Å². The normalized spacial score (nSPS) is 17.4. The number of amides is 1. The highest BCUT2D eigenvalue weighted by atomic mass is 32.2. The molecule has 0 radical (unpaired) electrons. The number of carbonyl (C=O) groups excluding carboxylic acids is 1. The van der Waals surface area contributed by atoms with E-state index in [2.05, 4.69) is 14.9 Å². The molecule has 18 heavy (non-hydrogen) atoms. The van der Waals surface area contributed by atoms with Crippen LogP contribution >= 0.6 is 23.3 Å². The van der Waals surface area contributed by atoms with Gasteiger partial charge in [0.05, 0.1) is 5.69 Å². The fraction of sp³-hybridized carbons (Fsp3) is 0.750. The summed E-state index contributed by atoms with van der Waals surface area (Å²) in [7, 11) is 0. The van der Waals surface area contributed by atoms with Crippen molar-refractivity contribution < 1.29 is 4.79 Å². The third-order valence-corrected chi connectivity index (χ3v) is 5.21. The van der Waals surface area contributed by atoms with Gasteiger partial charge in [-0.2, -0.15) is 0 Å². The van der Waals surface area contributed by atoms with Crippen molar-refractivity contribution >= 4 is 28.5 Å². The number of aromatic nitrogens is 2. The summed E-state index contributed by atoms with van der Waals surface area (Å²) in [5.41, 5.74) is 0.842. The molecule has 1 aromatic heterocycles. The Balaban J connectivity index is 1.72. The van der Waals surface area contributed by atoms with Gasteiger partial charge in [-0.25, -0.2) is 0 Å². The molecule has 0 bridgehead atoms. The van der Waals surface area contributed by atoms with Crippen molar-refractivity contribution in [1.29, 1.82) is 0 Å². The van der Waals surface area contributed by atoms with Gasteiger partial charge >= 0.3 is 0 Å². The molecular weight excluding hydrogens is 266 g/mol. The predicted molar refractivity (Wildman–Crippen MR) is 75.1 cm³/mol. The summed E-state index contributed by atoms with van der Waals surface area (Å²) in [5, 5.41) is 6.94. The van der Waals surface area contributed by atoms with E-state index in [9.17, 15) is 4.79 Å². The van der Waals surface area contributed by atoms with Gasteiger partial charge in [-0.3, -0.25) is 4.79 Å². The van der Waals surface area contributed by atoms with Crippen LogP contribution in [0.1, 0.15) is 44.2 Å². The minimum Gasteiger partial charge on any atom is -0.346 e. The van der Waals surface area contributed by atoms with Crippen LogP contribution in [0.25, 0.3) is 0 Å².